The molecule has 1 aromatic heterocycles. The van der Waals surface area contributed by atoms with E-state index in [4.69, 9.17) is 28.0 Å². The van der Waals surface area contributed by atoms with E-state index in [1.807, 2.05) is 91.0 Å². The highest BCUT2D eigenvalue weighted by Gasteiger charge is 2.55. The average molecular weight is 888 g/mol. The number of aromatic amines is 1. The summed E-state index contributed by atoms with van der Waals surface area (Å²) >= 11 is 0. The lowest BCUT2D eigenvalue weighted by Gasteiger charge is -2.37. The van der Waals surface area contributed by atoms with Gasteiger partial charge in [-0.25, -0.2) is 13.9 Å². The number of methoxy groups -OCH3 is 2. The Morgan fingerprint density at radius 2 is 1.32 bits per heavy atom. The fourth-order valence-corrected chi connectivity index (χ4v) is 15.4. The molecule has 11 nitrogen and oxygen atoms in total. The molecule has 7 atom stereocenters. The van der Waals surface area contributed by atoms with Crippen molar-refractivity contribution in [1.82, 2.24) is 14.2 Å². The Kier molecular flexibility index (Phi) is 12.6. The smallest absolute Gasteiger partial charge is 0.330 e. The number of H-pyrrole nitrogens is 1. The van der Waals surface area contributed by atoms with Gasteiger partial charge in [0.25, 0.3) is 14.1 Å². The number of benzene rings is 5. The van der Waals surface area contributed by atoms with Gasteiger partial charge in [-0.3, -0.25) is 14.3 Å². The molecule has 0 aliphatic carbocycles. The van der Waals surface area contributed by atoms with Crippen LogP contribution in [0.15, 0.2) is 161 Å². The van der Waals surface area contributed by atoms with Gasteiger partial charge in [-0.05, 0) is 59.8 Å². The van der Waals surface area contributed by atoms with E-state index in [1.54, 1.807) is 14.2 Å². The van der Waals surface area contributed by atoms with Crippen molar-refractivity contribution in [3.05, 3.63) is 189 Å². The van der Waals surface area contributed by atoms with E-state index in [2.05, 4.69) is 64.7 Å². The molecular formula is C49H51FN3O8PSi. The zero-order valence-electron chi connectivity index (χ0n) is 35.4. The van der Waals surface area contributed by atoms with Crippen LogP contribution in [0.2, 0.25) is 12.6 Å². The number of nitrogens with zero attached hydrogens (tertiary/aromatic N) is 2. The van der Waals surface area contributed by atoms with Gasteiger partial charge in [0.2, 0.25) is 0 Å². The molecular weight excluding hydrogens is 837 g/mol. The SMILES string of the molecule is COc1ccc(C(OC[C@H]2O[C@@H](n3ccc(=O)[nH]c3=O)C(F)[C@@H]2O[P@@]2O[C@@H](C[Si](C)(c3ccccc3)c3ccccc3)[C@H]3CCCN32)(c2ccccc2)c2ccc(OC)cc2)cc1. The predicted molar refractivity (Wildman–Crippen MR) is 243 cm³/mol. The summed E-state index contributed by atoms with van der Waals surface area (Å²) in [7, 11) is -0.860. The van der Waals surface area contributed by atoms with E-state index >= 15 is 4.39 Å². The van der Waals surface area contributed by atoms with Gasteiger partial charge in [0.1, 0.15) is 37.4 Å². The monoisotopic (exact) mass is 887 g/mol. The first kappa shape index (κ1) is 43.0. The van der Waals surface area contributed by atoms with Gasteiger partial charge in [0.05, 0.1) is 26.9 Å². The Labute approximate surface area is 368 Å². The number of fused-ring (bicyclic) bond motifs is 1. The van der Waals surface area contributed by atoms with Crippen LogP contribution in [0.3, 0.4) is 0 Å². The maximum Gasteiger partial charge on any atom is 0.330 e. The zero-order valence-corrected chi connectivity index (χ0v) is 37.3. The van der Waals surface area contributed by atoms with Crippen LogP contribution in [0.25, 0.3) is 0 Å². The lowest BCUT2D eigenvalue weighted by atomic mass is 9.80. The third-order valence-corrected chi connectivity index (χ3v) is 19.0. The largest absolute Gasteiger partial charge is 0.497 e. The summed E-state index contributed by atoms with van der Waals surface area (Å²) in [5, 5.41) is 2.63. The number of ether oxygens (including phenoxy) is 4. The topological polar surface area (TPSA) is 113 Å². The van der Waals surface area contributed by atoms with Crippen molar-refractivity contribution in [2.75, 3.05) is 27.4 Å². The second-order valence-electron chi connectivity index (χ2n) is 16.4. The molecule has 3 aliphatic rings. The van der Waals surface area contributed by atoms with E-state index in [0.717, 1.165) is 46.7 Å². The number of nitrogens with one attached hydrogen (secondary N) is 1. The van der Waals surface area contributed by atoms with Crippen LogP contribution in [-0.4, -0.2) is 80.2 Å². The molecule has 0 radical (unpaired) electrons. The van der Waals surface area contributed by atoms with E-state index < -0.39 is 58.1 Å². The van der Waals surface area contributed by atoms with Crippen LogP contribution in [-0.2, 0) is 24.1 Å². The summed E-state index contributed by atoms with van der Waals surface area (Å²) in [6, 6.07) is 48.6. The van der Waals surface area contributed by atoms with Crippen molar-refractivity contribution in [3.63, 3.8) is 0 Å². The molecule has 0 amide bonds. The van der Waals surface area contributed by atoms with Crippen molar-refractivity contribution >= 4 is 27.0 Å². The van der Waals surface area contributed by atoms with Crippen LogP contribution in [0, 0.1) is 0 Å². The first-order chi connectivity index (χ1) is 30.7. The normalized spacial score (nSPS) is 23.7. The van der Waals surface area contributed by atoms with Gasteiger partial charge in [0.15, 0.2) is 12.4 Å². The van der Waals surface area contributed by atoms with Crippen LogP contribution in [0.5, 0.6) is 11.5 Å². The van der Waals surface area contributed by atoms with Crippen molar-refractivity contribution < 1.29 is 32.4 Å². The predicted octanol–water partition coefficient (Wildman–Crippen LogP) is 7.17. The quantitative estimate of drug-likeness (QED) is 0.0652. The highest BCUT2D eigenvalue weighted by atomic mass is 31.2. The first-order valence-electron chi connectivity index (χ1n) is 21.3. The molecule has 0 bridgehead atoms. The number of hydrogen-bond acceptors (Lipinski definition) is 9. The lowest BCUT2D eigenvalue weighted by molar-refractivity contribution is -0.0930. The Balaban J connectivity index is 1.07. The Morgan fingerprint density at radius 1 is 0.762 bits per heavy atom. The van der Waals surface area contributed by atoms with Crippen molar-refractivity contribution in [3.8, 4) is 11.5 Å². The molecule has 4 heterocycles. The van der Waals surface area contributed by atoms with E-state index in [0.29, 0.717) is 11.5 Å². The molecule has 1 unspecified atom stereocenters. The molecule has 0 spiro atoms. The van der Waals surface area contributed by atoms with Crippen molar-refractivity contribution in [2.24, 2.45) is 0 Å². The Morgan fingerprint density at radius 3 is 1.87 bits per heavy atom. The minimum absolute atomic E-state index is 0.0962. The number of alkyl halides is 1. The summed E-state index contributed by atoms with van der Waals surface area (Å²) < 4.78 is 59.5. The summed E-state index contributed by atoms with van der Waals surface area (Å²) in [6.07, 6.45) is -2.50. The van der Waals surface area contributed by atoms with E-state index in [9.17, 15) is 9.59 Å². The highest BCUT2D eigenvalue weighted by Crippen LogP contribution is 2.59. The van der Waals surface area contributed by atoms with Crippen LogP contribution in [0.4, 0.5) is 4.39 Å². The molecule has 6 aromatic rings. The average Bonchev–Trinajstić information content (AvgIpc) is 4.03. The molecule has 326 valence electrons. The minimum atomic E-state index is -2.33. The molecule has 3 fully saturated rings. The maximum absolute atomic E-state index is 17.4. The lowest BCUT2D eigenvalue weighted by Crippen LogP contribution is -2.58. The Bertz CT molecular complexity index is 2480. The second-order valence-corrected chi connectivity index (χ2v) is 22.1. The number of rotatable bonds is 15. The van der Waals surface area contributed by atoms with Crippen molar-refractivity contribution in [2.45, 2.75) is 67.8 Å². The number of halogens is 1. The molecule has 63 heavy (non-hydrogen) atoms. The summed E-state index contributed by atoms with van der Waals surface area (Å²) in [5.74, 6) is 1.34. The summed E-state index contributed by atoms with van der Waals surface area (Å²) in [6.45, 7) is 2.99. The van der Waals surface area contributed by atoms with Crippen LogP contribution < -0.4 is 31.1 Å². The first-order valence-corrected chi connectivity index (χ1v) is 25.2. The molecule has 14 heteroatoms. The van der Waals surface area contributed by atoms with Crippen LogP contribution >= 0.6 is 8.53 Å². The standard InChI is InChI=1S/C49H51FN3O8PSi/c1-56-37-25-21-35(22-26-37)49(34-14-7-4-8-15-34,36-23-27-38(57-2)28-24-36)58-32-42-46(45(50)47(59-42)52-31-29-44(54)51-48(52)55)61-62-53-30-13-20-41(53)43(60-62)33-63(3,39-16-9-5-10-17-39)40-18-11-6-12-19-40/h4-12,14-19,21-29,31,41-43,45-47H,13,20,30,32-33H2,1-3H3,(H,51,54,55)/t41-,42-,43+,45?,46-,47-,62-/m1/s1. The third-order valence-electron chi connectivity index (χ3n) is 12.8. The van der Waals surface area contributed by atoms with Gasteiger partial charge >= 0.3 is 5.69 Å². The van der Waals surface area contributed by atoms with Gasteiger partial charge in [-0.15, -0.1) is 0 Å². The van der Waals surface area contributed by atoms with E-state index in [1.165, 1.54) is 22.6 Å². The number of aromatic nitrogens is 2. The molecule has 1 N–H and O–H groups in total. The molecule has 3 aliphatic heterocycles. The molecule has 3 saturated heterocycles. The van der Waals surface area contributed by atoms with E-state index in [-0.39, 0.29) is 18.8 Å². The third kappa shape index (κ3) is 8.35. The number of hydrogen-bond donors (Lipinski definition) is 1. The molecule has 5 aromatic carbocycles. The van der Waals surface area contributed by atoms with Crippen LogP contribution in [0.1, 0.15) is 35.8 Å². The van der Waals surface area contributed by atoms with Gasteiger partial charge < -0.3 is 28.0 Å². The highest BCUT2D eigenvalue weighted by molar-refractivity contribution is 7.45. The molecule has 9 rings (SSSR count). The summed E-state index contributed by atoms with van der Waals surface area (Å²) in [5.41, 5.74) is -0.238. The fraction of sp³-hybridized carbons (Fsp3) is 0.306. The minimum Gasteiger partial charge on any atom is -0.497 e. The molecule has 0 saturated carbocycles. The van der Waals surface area contributed by atoms with Gasteiger partial charge in [0, 0.05) is 24.8 Å². The summed E-state index contributed by atoms with van der Waals surface area (Å²) in [4.78, 5) is 27.6. The zero-order chi connectivity index (χ0) is 43.6. The van der Waals surface area contributed by atoms with Gasteiger partial charge in [-0.1, -0.05) is 132 Å². The van der Waals surface area contributed by atoms with Crippen molar-refractivity contribution in [1.29, 1.82) is 0 Å². The van der Waals surface area contributed by atoms with Gasteiger partial charge in [-0.2, -0.15) is 0 Å². The fourth-order valence-electron chi connectivity index (χ4n) is 9.47. The Hall–Kier alpha value is -5.24. The second kappa shape index (κ2) is 18.5. The maximum atomic E-state index is 17.4.